The van der Waals surface area contributed by atoms with E-state index in [9.17, 15) is 43.2 Å². The quantitative estimate of drug-likeness (QED) is 0.0222. The van der Waals surface area contributed by atoms with Gasteiger partial charge in [-0.1, -0.05) is 389 Å². The van der Waals surface area contributed by atoms with Crippen LogP contribution in [0.4, 0.5) is 0 Å². The van der Waals surface area contributed by atoms with Crippen molar-refractivity contribution in [3.63, 3.8) is 0 Å². The maximum absolute atomic E-state index is 13.1. The molecule has 0 saturated heterocycles. The number of ether oxygens (including phenoxy) is 4. The molecule has 19 heteroatoms. The first-order valence-electron chi connectivity index (χ1n) is 43.3. The highest BCUT2D eigenvalue weighted by molar-refractivity contribution is 7.47. The van der Waals surface area contributed by atoms with E-state index in [0.717, 1.165) is 108 Å². The predicted molar refractivity (Wildman–Crippen MR) is 423 cm³/mol. The van der Waals surface area contributed by atoms with Gasteiger partial charge in [-0.2, -0.15) is 0 Å². The van der Waals surface area contributed by atoms with Crippen molar-refractivity contribution in [2.75, 3.05) is 39.6 Å². The number of carbonyl (C=O) groups is 4. The fourth-order valence-electron chi connectivity index (χ4n) is 13.0. The summed E-state index contributed by atoms with van der Waals surface area (Å²) in [6.07, 6.45) is 64.2. The molecular weight excluding hydrogens is 1340 g/mol. The molecule has 17 nitrogen and oxygen atoms in total. The van der Waals surface area contributed by atoms with E-state index in [1.54, 1.807) is 0 Å². The van der Waals surface area contributed by atoms with Crippen LogP contribution in [0.2, 0.25) is 0 Å². The molecule has 0 aromatic carbocycles. The van der Waals surface area contributed by atoms with E-state index in [0.29, 0.717) is 31.6 Å². The van der Waals surface area contributed by atoms with Gasteiger partial charge in [-0.05, 0) is 43.4 Å². The Balaban J connectivity index is 5.20. The maximum atomic E-state index is 13.1. The molecule has 0 fully saturated rings. The number of esters is 4. The highest BCUT2D eigenvalue weighted by Crippen LogP contribution is 2.45. The molecule has 0 amide bonds. The molecular formula is C84H164O17P2. The van der Waals surface area contributed by atoms with Gasteiger partial charge in [-0.3, -0.25) is 37.3 Å². The van der Waals surface area contributed by atoms with Crippen LogP contribution in [-0.2, 0) is 65.4 Å². The summed E-state index contributed by atoms with van der Waals surface area (Å²) in [7, 11) is -9.92. The van der Waals surface area contributed by atoms with Gasteiger partial charge in [-0.25, -0.2) is 9.13 Å². The Morgan fingerprint density at radius 1 is 0.262 bits per heavy atom. The molecule has 0 radical (unpaired) electrons. The molecule has 0 saturated carbocycles. The third-order valence-corrected chi connectivity index (χ3v) is 21.5. The van der Waals surface area contributed by atoms with Crippen molar-refractivity contribution < 1.29 is 80.2 Å². The molecule has 5 atom stereocenters. The lowest BCUT2D eigenvalue weighted by molar-refractivity contribution is -0.161. The number of phosphoric ester groups is 2. The van der Waals surface area contributed by atoms with Crippen molar-refractivity contribution in [2.24, 2.45) is 17.8 Å². The summed E-state index contributed by atoms with van der Waals surface area (Å²) in [4.78, 5) is 73.1. The van der Waals surface area contributed by atoms with E-state index in [-0.39, 0.29) is 25.7 Å². The van der Waals surface area contributed by atoms with Crippen LogP contribution >= 0.6 is 15.6 Å². The normalized spacial score (nSPS) is 13.9. The molecule has 0 aliphatic heterocycles. The van der Waals surface area contributed by atoms with Gasteiger partial charge in [0.15, 0.2) is 12.2 Å². The number of phosphoric acid groups is 2. The number of aliphatic hydroxyl groups is 1. The van der Waals surface area contributed by atoms with Crippen LogP contribution in [0.25, 0.3) is 0 Å². The molecule has 0 heterocycles. The zero-order valence-electron chi connectivity index (χ0n) is 67.8. The fraction of sp³-hybridized carbons (Fsp3) is 0.952. The number of unbranched alkanes of at least 4 members (excludes halogenated alkanes) is 50. The molecule has 103 heavy (non-hydrogen) atoms. The summed E-state index contributed by atoms with van der Waals surface area (Å²) in [5.41, 5.74) is 0. The summed E-state index contributed by atoms with van der Waals surface area (Å²) in [6, 6.07) is 0. The van der Waals surface area contributed by atoms with Gasteiger partial charge in [0, 0.05) is 25.7 Å². The Labute approximate surface area is 632 Å². The van der Waals surface area contributed by atoms with Crippen molar-refractivity contribution in [1.29, 1.82) is 0 Å². The Bertz CT molecular complexity index is 1990. The first-order chi connectivity index (χ1) is 49.7. The molecule has 0 aliphatic carbocycles. The SMILES string of the molecule is CCCCCCCCCCCCCCCCCCCCCCCCC(=O)O[C@H](COC(=O)CCCCCCCCCCCCCCCCCC(C)C)COP(=O)(O)OC[C@@H](O)COP(=O)(O)OC[C@@H](COC(=O)CCCCCCCCC(C)C)OC(=O)CCCCCCCCCCCCCC(C)C. The molecule has 2 unspecified atom stereocenters. The number of carbonyl (C=O) groups excluding carboxylic acids is 4. The largest absolute Gasteiger partial charge is 0.472 e. The topological polar surface area (TPSA) is 237 Å². The highest BCUT2D eigenvalue weighted by atomic mass is 31.2. The Hall–Kier alpha value is -1.94. The van der Waals surface area contributed by atoms with Gasteiger partial charge in [0.1, 0.15) is 19.3 Å². The van der Waals surface area contributed by atoms with Gasteiger partial charge in [0.05, 0.1) is 26.4 Å². The van der Waals surface area contributed by atoms with E-state index < -0.39 is 97.5 Å². The van der Waals surface area contributed by atoms with Crippen LogP contribution < -0.4 is 0 Å². The number of rotatable bonds is 82. The van der Waals surface area contributed by atoms with Crippen molar-refractivity contribution in [3.8, 4) is 0 Å². The first kappa shape index (κ1) is 101. The van der Waals surface area contributed by atoms with E-state index >= 15 is 0 Å². The molecule has 612 valence electrons. The lowest BCUT2D eigenvalue weighted by Gasteiger charge is -2.21. The van der Waals surface area contributed by atoms with Crippen molar-refractivity contribution in [3.05, 3.63) is 0 Å². The Morgan fingerprint density at radius 2 is 0.447 bits per heavy atom. The molecule has 0 rings (SSSR count). The molecule has 0 aromatic rings. The zero-order chi connectivity index (χ0) is 75.8. The first-order valence-corrected chi connectivity index (χ1v) is 46.3. The third-order valence-electron chi connectivity index (χ3n) is 19.6. The van der Waals surface area contributed by atoms with Crippen LogP contribution in [0.5, 0.6) is 0 Å². The summed E-state index contributed by atoms with van der Waals surface area (Å²) in [6.45, 7) is 11.9. The van der Waals surface area contributed by atoms with Gasteiger partial charge in [-0.15, -0.1) is 0 Å². The minimum Gasteiger partial charge on any atom is -0.462 e. The monoisotopic (exact) mass is 1510 g/mol. The summed E-state index contributed by atoms with van der Waals surface area (Å²) < 4.78 is 68.8. The van der Waals surface area contributed by atoms with Gasteiger partial charge in [0.25, 0.3) is 0 Å². The van der Waals surface area contributed by atoms with E-state index in [4.69, 9.17) is 37.0 Å². The second-order valence-corrected chi connectivity index (χ2v) is 34.6. The van der Waals surface area contributed by atoms with E-state index in [1.165, 1.54) is 244 Å². The third kappa shape index (κ3) is 78.0. The van der Waals surface area contributed by atoms with Gasteiger partial charge < -0.3 is 33.8 Å². The zero-order valence-corrected chi connectivity index (χ0v) is 69.6. The average molecular weight is 1510 g/mol. The van der Waals surface area contributed by atoms with Crippen molar-refractivity contribution in [1.82, 2.24) is 0 Å². The van der Waals surface area contributed by atoms with Crippen molar-refractivity contribution >= 4 is 39.5 Å². The Kier molecular flexibility index (Phi) is 72.8. The number of hydrogen-bond acceptors (Lipinski definition) is 15. The van der Waals surface area contributed by atoms with Crippen LogP contribution in [0.3, 0.4) is 0 Å². The molecule has 3 N–H and O–H groups in total. The van der Waals surface area contributed by atoms with Gasteiger partial charge in [0.2, 0.25) is 0 Å². The lowest BCUT2D eigenvalue weighted by Crippen LogP contribution is -2.30. The second kappa shape index (κ2) is 74.2. The second-order valence-electron chi connectivity index (χ2n) is 31.6. The van der Waals surface area contributed by atoms with Crippen LogP contribution in [0, 0.1) is 17.8 Å². The summed E-state index contributed by atoms with van der Waals surface area (Å²) in [5.74, 6) is 0.140. The minimum atomic E-state index is -4.96. The summed E-state index contributed by atoms with van der Waals surface area (Å²) >= 11 is 0. The molecule has 0 aromatic heterocycles. The van der Waals surface area contributed by atoms with Crippen molar-refractivity contribution in [2.45, 2.75) is 458 Å². The van der Waals surface area contributed by atoms with Crippen LogP contribution in [0.15, 0.2) is 0 Å². The maximum Gasteiger partial charge on any atom is 0.472 e. The van der Waals surface area contributed by atoms with Gasteiger partial charge >= 0.3 is 39.5 Å². The summed E-state index contributed by atoms with van der Waals surface area (Å²) in [5, 5.41) is 10.7. The Morgan fingerprint density at radius 3 is 0.660 bits per heavy atom. The molecule has 0 bridgehead atoms. The number of hydrogen-bond donors (Lipinski definition) is 3. The average Bonchev–Trinajstić information content (AvgIpc) is 0.918. The fourth-order valence-corrected chi connectivity index (χ4v) is 14.6. The smallest absolute Gasteiger partial charge is 0.462 e. The van der Waals surface area contributed by atoms with Crippen LogP contribution in [-0.4, -0.2) is 96.7 Å². The minimum absolute atomic E-state index is 0.105. The number of aliphatic hydroxyl groups excluding tert-OH is 1. The lowest BCUT2D eigenvalue weighted by atomic mass is 10.0. The molecule has 0 spiro atoms. The van der Waals surface area contributed by atoms with Crippen LogP contribution in [0.1, 0.15) is 440 Å². The molecule has 0 aliphatic rings. The highest BCUT2D eigenvalue weighted by Gasteiger charge is 2.30. The standard InChI is InChI=1S/C84H164O17P2/c1-8-9-10-11-12-13-14-15-16-17-18-19-20-21-22-25-29-34-39-44-53-60-67-83(88)100-79(71-94-81(86)65-58-51-43-38-33-28-26-23-24-27-31-36-41-48-55-62-75(2)3)73-98-102(90,91)96-69-78(85)70-97-103(92,93)99-74-80(72-95-82(87)66-59-52-47-46-50-57-64-77(6)7)101-84(89)68-61-54-45-40-35-30-32-37-42-49-56-63-76(4)5/h75-80,85H,8-74H2,1-7H3,(H,90,91)(H,92,93)/t78-,79-,80-/m1/s1. The van der Waals surface area contributed by atoms with E-state index in [1.807, 2.05) is 0 Å². The predicted octanol–water partition coefficient (Wildman–Crippen LogP) is 25.3. The van der Waals surface area contributed by atoms with E-state index in [2.05, 4.69) is 48.5 Å².